The highest BCUT2D eigenvalue weighted by Crippen LogP contribution is 2.45. The van der Waals surface area contributed by atoms with Crippen molar-refractivity contribution < 1.29 is 10.0 Å². The van der Waals surface area contributed by atoms with Gasteiger partial charge in [0.1, 0.15) is 6.10 Å². The molecule has 124 valence electrons. The molecule has 2 saturated heterocycles. The minimum atomic E-state index is -0.382. The van der Waals surface area contributed by atoms with E-state index in [0.717, 1.165) is 19.3 Å². The molecule has 2 aliphatic heterocycles. The topological polar surface area (TPSA) is 35.9 Å². The summed E-state index contributed by atoms with van der Waals surface area (Å²) in [5, 5.41) is 14.2. The predicted molar refractivity (Wildman–Crippen MR) is 85.1 cm³/mol. The van der Waals surface area contributed by atoms with Crippen LogP contribution >= 0.6 is 0 Å². The standard InChI is InChI=1S/C17H34N2O2/c1-14(2)10-9-11-15(3,4)19(14)21-13-12-16(5,6)18(20)17(13,7)8/h13,20H,9-12H2,1-8H3. The second-order valence-corrected chi connectivity index (χ2v) is 9.35. The van der Waals surface area contributed by atoms with Gasteiger partial charge in [0, 0.05) is 16.6 Å². The molecule has 4 nitrogen and oxygen atoms in total. The average Bonchev–Trinajstić information content (AvgIpc) is 2.44. The van der Waals surface area contributed by atoms with Crippen LogP contribution in [0.15, 0.2) is 0 Å². The summed E-state index contributed by atoms with van der Waals surface area (Å²) in [6, 6.07) is 0. The molecule has 0 aromatic heterocycles. The largest absolute Gasteiger partial charge is 0.313 e. The lowest BCUT2D eigenvalue weighted by atomic mass is 9.82. The maximum Gasteiger partial charge on any atom is 0.101 e. The third-order valence-corrected chi connectivity index (χ3v) is 5.50. The van der Waals surface area contributed by atoms with Crippen LogP contribution in [0.1, 0.15) is 81.1 Å². The zero-order chi connectivity index (χ0) is 16.3. The van der Waals surface area contributed by atoms with E-state index in [4.69, 9.17) is 4.84 Å². The summed E-state index contributed by atoms with van der Waals surface area (Å²) >= 11 is 0. The molecule has 1 N–H and O–H groups in total. The van der Waals surface area contributed by atoms with Gasteiger partial charge >= 0.3 is 0 Å². The fourth-order valence-electron chi connectivity index (χ4n) is 4.26. The number of nitrogens with zero attached hydrogens (tertiary/aromatic N) is 2. The average molecular weight is 298 g/mol. The van der Waals surface area contributed by atoms with Crippen molar-refractivity contribution in [2.75, 3.05) is 0 Å². The molecule has 0 radical (unpaired) electrons. The summed E-state index contributed by atoms with van der Waals surface area (Å²) in [6.45, 7) is 17.3. The van der Waals surface area contributed by atoms with Crippen molar-refractivity contribution in [3.8, 4) is 0 Å². The molecule has 2 rings (SSSR count). The Labute approximate surface area is 130 Å². The molecule has 0 amide bonds. The van der Waals surface area contributed by atoms with Crippen molar-refractivity contribution in [3.63, 3.8) is 0 Å². The Kier molecular flexibility index (Phi) is 4.03. The van der Waals surface area contributed by atoms with Gasteiger partial charge in [-0.15, -0.1) is 0 Å². The van der Waals surface area contributed by atoms with Crippen LogP contribution in [0.25, 0.3) is 0 Å². The third kappa shape index (κ3) is 2.88. The van der Waals surface area contributed by atoms with Crippen molar-refractivity contribution in [3.05, 3.63) is 0 Å². The number of piperidine rings is 1. The fourth-order valence-corrected chi connectivity index (χ4v) is 4.26. The van der Waals surface area contributed by atoms with E-state index in [9.17, 15) is 5.21 Å². The van der Waals surface area contributed by atoms with Crippen LogP contribution in [0.3, 0.4) is 0 Å². The van der Waals surface area contributed by atoms with E-state index in [-0.39, 0.29) is 28.3 Å². The molecule has 0 bridgehead atoms. The second-order valence-electron chi connectivity index (χ2n) is 9.35. The van der Waals surface area contributed by atoms with Gasteiger partial charge in [-0.25, -0.2) is 0 Å². The first-order valence-electron chi connectivity index (χ1n) is 8.27. The van der Waals surface area contributed by atoms with Crippen molar-refractivity contribution in [2.45, 2.75) is 109 Å². The van der Waals surface area contributed by atoms with Crippen LogP contribution in [-0.2, 0) is 4.84 Å². The highest BCUT2D eigenvalue weighted by Gasteiger charge is 2.55. The molecular formula is C17H34N2O2. The van der Waals surface area contributed by atoms with E-state index in [1.807, 2.05) is 0 Å². The number of rotatable bonds is 2. The Morgan fingerprint density at radius 1 is 0.857 bits per heavy atom. The summed E-state index contributed by atoms with van der Waals surface area (Å²) in [6.07, 6.45) is 4.37. The Hall–Kier alpha value is -0.160. The molecule has 0 aromatic carbocycles. The maximum absolute atomic E-state index is 10.5. The quantitative estimate of drug-likeness (QED) is 0.836. The van der Waals surface area contributed by atoms with Crippen LogP contribution in [-0.4, -0.2) is 43.6 Å². The van der Waals surface area contributed by atoms with Gasteiger partial charge in [0.2, 0.25) is 0 Å². The number of hydrogen-bond donors (Lipinski definition) is 1. The Balaban J connectivity index is 2.24. The molecule has 0 aromatic rings. The Bertz CT molecular complexity index is 386. The van der Waals surface area contributed by atoms with E-state index in [1.165, 1.54) is 11.5 Å². The van der Waals surface area contributed by atoms with Crippen LogP contribution in [0.5, 0.6) is 0 Å². The smallest absolute Gasteiger partial charge is 0.101 e. The normalized spacial score (nSPS) is 35.0. The van der Waals surface area contributed by atoms with Crippen LogP contribution in [0.2, 0.25) is 0 Å². The van der Waals surface area contributed by atoms with Gasteiger partial charge in [-0.2, -0.15) is 10.1 Å². The van der Waals surface area contributed by atoms with Gasteiger partial charge in [-0.05, 0) is 81.1 Å². The van der Waals surface area contributed by atoms with Crippen molar-refractivity contribution in [2.24, 2.45) is 0 Å². The molecule has 21 heavy (non-hydrogen) atoms. The van der Waals surface area contributed by atoms with Gasteiger partial charge in [-0.1, -0.05) is 0 Å². The zero-order valence-electron chi connectivity index (χ0n) is 15.2. The van der Waals surface area contributed by atoms with Crippen LogP contribution in [0.4, 0.5) is 0 Å². The molecule has 2 aliphatic rings. The van der Waals surface area contributed by atoms with E-state index < -0.39 is 0 Å². The molecule has 2 fully saturated rings. The predicted octanol–water partition coefficient (Wildman–Crippen LogP) is 3.98. The van der Waals surface area contributed by atoms with E-state index in [1.54, 1.807) is 0 Å². The molecular weight excluding hydrogens is 264 g/mol. The lowest BCUT2D eigenvalue weighted by molar-refractivity contribution is -0.320. The third-order valence-electron chi connectivity index (χ3n) is 5.50. The number of hydroxylamine groups is 4. The van der Waals surface area contributed by atoms with Crippen molar-refractivity contribution in [1.29, 1.82) is 0 Å². The van der Waals surface area contributed by atoms with Gasteiger partial charge in [0.15, 0.2) is 0 Å². The minimum Gasteiger partial charge on any atom is -0.313 e. The molecule has 0 saturated carbocycles. The summed E-state index contributed by atoms with van der Waals surface area (Å²) in [7, 11) is 0. The molecule has 1 atom stereocenters. The van der Waals surface area contributed by atoms with Gasteiger partial charge < -0.3 is 5.21 Å². The van der Waals surface area contributed by atoms with Gasteiger partial charge in [-0.3, -0.25) is 4.84 Å². The molecule has 4 heteroatoms. The first-order valence-corrected chi connectivity index (χ1v) is 8.27. The zero-order valence-corrected chi connectivity index (χ0v) is 15.2. The second kappa shape index (κ2) is 4.92. The highest BCUT2D eigenvalue weighted by molar-refractivity contribution is 5.04. The van der Waals surface area contributed by atoms with Crippen LogP contribution in [0, 0.1) is 0 Å². The lowest BCUT2D eigenvalue weighted by Gasteiger charge is -2.53. The molecule has 0 spiro atoms. The number of hydrogen-bond acceptors (Lipinski definition) is 4. The summed E-state index contributed by atoms with van der Waals surface area (Å²) < 4.78 is 0. The first-order chi connectivity index (χ1) is 9.31. The summed E-state index contributed by atoms with van der Waals surface area (Å²) in [5.41, 5.74) is -0.568. The SMILES string of the molecule is CC1(C)CCCC(C)(C)N1OC1CC(C)(C)N(O)C1(C)C. The van der Waals surface area contributed by atoms with E-state index >= 15 is 0 Å². The molecule has 2 heterocycles. The van der Waals surface area contributed by atoms with Gasteiger partial charge in [0.05, 0.1) is 5.54 Å². The van der Waals surface area contributed by atoms with Gasteiger partial charge in [0.25, 0.3) is 0 Å². The van der Waals surface area contributed by atoms with Crippen molar-refractivity contribution in [1.82, 2.24) is 10.1 Å². The van der Waals surface area contributed by atoms with E-state index in [2.05, 4.69) is 60.5 Å². The van der Waals surface area contributed by atoms with E-state index in [0.29, 0.717) is 0 Å². The monoisotopic (exact) mass is 298 g/mol. The van der Waals surface area contributed by atoms with Crippen molar-refractivity contribution >= 4 is 0 Å². The summed E-state index contributed by atoms with van der Waals surface area (Å²) in [5.74, 6) is 0. The Morgan fingerprint density at radius 2 is 1.33 bits per heavy atom. The molecule has 0 aliphatic carbocycles. The Morgan fingerprint density at radius 3 is 1.71 bits per heavy atom. The van der Waals surface area contributed by atoms with Crippen LogP contribution < -0.4 is 0 Å². The highest BCUT2D eigenvalue weighted by atomic mass is 16.7. The maximum atomic E-state index is 10.5. The minimum absolute atomic E-state index is 0.00542. The fraction of sp³-hybridized carbons (Fsp3) is 1.00. The summed E-state index contributed by atoms with van der Waals surface area (Å²) in [4.78, 5) is 6.54. The first kappa shape index (κ1) is 17.2. The molecule has 1 unspecified atom stereocenters. The lowest BCUT2D eigenvalue weighted by Crippen LogP contribution is -2.61.